The number of nitrogens with one attached hydrogen (secondary N) is 2. The summed E-state index contributed by atoms with van der Waals surface area (Å²) in [4.78, 5) is 12.2. The summed E-state index contributed by atoms with van der Waals surface area (Å²) in [7, 11) is 0. The lowest BCUT2D eigenvalue weighted by Gasteiger charge is -2.09. The van der Waals surface area contributed by atoms with Crippen molar-refractivity contribution in [1.82, 2.24) is 10.2 Å². The highest BCUT2D eigenvalue weighted by atomic mass is 35.5. The van der Waals surface area contributed by atoms with Gasteiger partial charge in [-0.25, -0.2) is 0 Å². The lowest BCUT2D eigenvalue weighted by atomic mass is 10.1. The van der Waals surface area contributed by atoms with Gasteiger partial charge in [-0.2, -0.15) is 0 Å². The number of nitrogens with zero attached hydrogens (tertiary/aromatic N) is 2. The maximum Gasteiger partial charge on any atom is 0.234 e. The first-order valence-corrected chi connectivity index (χ1v) is 11.0. The molecular formula is C18H15Cl3N4OS2. The molecule has 3 aromatic rings. The minimum absolute atomic E-state index is 0.146. The van der Waals surface area contributed by atoms with E-state index in [1.165, 1.54) is 40.8 Å². The second kappa shape index (κ2) is 9.33. The second-order valence-corrected chi connectivity index (χ2v) is 9.28. The molecule has 28 heavy (non-hydrogen) atoms. The van der Waals surface area contributed by atoms with Gasteiger partial charge in [-0.3, -0.25) is 4.79 Å². The van der Waals surface area contributed by atoms with Crippen molar-refractivity contribution in [3.05, 3.63) is 56.5 Å². The van der Waals surface area contributed by atoms with Gasteiger partial charge >= 0.3 is 0 Å². The minimum Gasteiger partial charge on any atom is -0.330 e. The van der Waals surface area contributed by atoms with E-state index >= 15 is 0 Å². The number of rotatable bonds is 6. The third kappa shape index (κ3) is 5.30. The average molecular weight is 474 g/mol. The molecule has 10 heteroatoms. The van der Waals surface area contributed by atoms with Gasteiger partial charge in [0.15, 0.2) is 4.34 Å². The number of anilines is 3. The van der Waals surface area contributed by atoms with Crippen molar-refractivity contribution in [2.75, 3.05) is 16.4 Å². The van der Waals surface area contributed by atoms with Crippen LogP contribution >= 0.6 is 57.9 Å². The van der Waals surface area contributed by atoms with Crippen LogP contribution in [0.5, 0.6) is 0 Å². The van der Waals surface area contributed by atoms with Crippen molar-refractivity contribution >= 4 is 80.3 Å². The van der Waals surface area contributed by atoms with Crippen molar-refractivity contribution in [2.45, 2.75) is 18.2 Å². The Balaban J connectivity index is 1.58. The molecule has 0 spiro atoms. The molecule has 0 radical (unpaired) electrons. The van der Waals surface area contributed by atoms with E-state index in [4.69, 9.17) is 34.8 Å². The molecular weight excluding hydrogens is 459 g/mol. The van der Waals surface area contributed by atoms with Crippen LogP contribution < -0.4 is 10.6 Å². The highest BCUT2D eigenvalue weighted by Crippen LogP contribution is 2.34. The summed E-state index contributed by atoms with van der Waals surface area (Å²) in [5.41, 5.74) is 3.67. The summed E-state index contributed by atoms with van der Waals surface area (Å²) in [6.07, 6.45) is 0. The van der Waals surface area contributed by atoms with E-state index in [0.717, 1.165) is 11.3 Å². The quantitative estimate of drug-likeness (QED) is 0.395. The highest BCUT2D eigenvalue weighted by molar-refractivity contribution is 8.01. The maximum absolute atomic E-state index is 12.2. The Morgan fingerprint density at radius 3 is 2.57 bits per heavy atom. The number of hydrogen-bond acceptors (Lipinski definition) is 6. The van der Waals surface area contributed by atoms with Gasteiger partial charge in [-0.1, -0.05) is 70.0 Å². The smallest absolute Gasteiger partial charge is 0.234 e. The van der Waals surface area contributed by atoms with Crippen LogP contribution in [0.15, 0.2) is 34.7 Å². The molecule has 1 amide bonds. The van der Waals surface area contributed by atoms with Crippen molar-refractivity contribution in [1.29, 1.82) is 0 Å². The Hall–Kier alpha value is -1.51. The summed E-state index contributed by atoms with van der Waals surface area (Å²) in [6.45, 7) is 4.10. The first kappa shape index (κ1) is 21.2. The lowest BCUT2D eigenvalue weighted by Crippen LogP contribution is -2.14. The Bertz CT molecular complexity index is 1000. The molecule has 0 unspecified atom stereocenters. The third-order valence-corrected chi connectivity index (χ3v) is 6.64. The zero-order chi connectivity index (χ0) is 20.3. The van der Waals surface area contributed by atoms with Gasteiger partial charge in [-0.05, 0) is 43.2 Å². The molecule has 0 aliphatic heterocycles. The molecule has 0 atom stereocenters. The van der Waals surface area contributed by atoms with E-state index in [1.54, 1.807) is 0 Å². The molecule has 3 rings (SSSR count). The van der Waals surface area contributed by atoms with Gasteiger partial charge < -0.3 is 10.6 Å². The van der Waals surface area contributed by atoms with E-state index in [1.807, 2.05) is 19.1 Å². The fraction of sp³-hybridized carbons (Fsp3) is 0.167. The topological polar surface area (TPSA) is 66.9 Å². The summed E-state index contributed by atoms with van der Waals surface area (Å²) >= 11 is 20.7. The van der Waals surface area contributed by atoms with Crippen LogP contribution in [0.3, 0.4) is 0 Å². The number of benzene rings is 2. The Kier molecular flexibility index (Phi) is 7.06. The molecule has 2 N–H and O–H groups in total. The van der Waals surface area contributed by atoms with Crippen LogP contribution in [0.25, 0.3) is 0 Å². The zero-order valence-electron chi connectivity index (χ0n) is 14.8. The van der Waals surface area contributed by atoms with Crippen LogP contribution in [0.2, 0.25) is 15.1 Å². The molecule has 0 fully saturated rings. The van der Waals surface area contributed by atoms with Gasteiger partial charge in [0.2, 0.25) is 11.0 Å². The molecule has 0 saturated heterocycles. The van der Waals surface area contributed by atoms with Crippen molar-refractivity contribution in [2.24, 2.45) is 0 Å². The highest BCUT2D eigenvalue weighted by Gasteiger charge is 2.13. The number of carbonyl (C=O) groups excluding carboxylic acids is 1. The molecule has 0 bridgehead atoms. The summed E-state index contributed by atoms with van der Waals surface area (Å²) in [5.74, 6) is -0.108. The zero-order valence-corrected chi connectivity index (χ0v) is 18.7. The van der Waals surface area contributed by atoms with Gasteiger partial charge in [0.05, 0.1) is 21.5 Å². The van der Waals surface area contributed by atoms with E-state index < -0.39 is 0 Å². The molecule has 0 saturated carbocycles. The number of carbonyl (C=O) groups is 1. The normalized spacial score (nSPS) is 10.8. The van der Waals surface area contributed by atoms with Crippen LogP contribution in [0.1, 0.15) is 11.1 Å². The third-order valence-electron chi connectivity index (χ3n) is 3.85. The van der Waals surface area contributed by atoms with Crippen LogP contribution in [-0.2, 0) is 4.79 Å². The standard InChI is InChI=1S/C18H15Cl3N4OS2/c1-9-4-3-5-14(10(9)2)22-17-24-25-18(28-17)27-8-15(26)23-16-12(20)6-11(19)7-13(16)21/h3-7H,8H2,1-2H3,(H,22,24)(H,23,26). The number of hydrogen-bond donors (Lipinski definition) is 2. The van der Waals surface area contributed by atoms with Gasteiger partial charge in [0.1, 0.15) is 0 Å². The summed E-state index contributed by atoms with van der Waals surface area (Å²) < 4.78 is 0.677. The first-order chi connectivity index (χ1) is 13.3. The first-order valence-electron chi connectivity index (χ1n) is 8.07. The molecule has 0 aliphatic rings. The van der Waals surface area contributed by atoms with Crippen molar-refractivity contribution in [3.63, 3.8) is 0 Å². The molecule has 0 aliphatic carbocycles. The predicted molar refractivity (Wildman–Crippen MR) is 120 cm³/mol. The van der Waals surface area contributed by atoms with E-state index in [9.17, 15) is 4.79 Å². The number of amides is 1. The molecule has 2 aromatic carbocycles. The summed E-state index contributed by atoms with van der Waals surface area (Å²) in [6, 6.07) is 9.07. The maximum atomic E-state index is 12.2. The fourth-order valence-electron chi connectivity index (χ4n) is 2.28. The Morgan fingerprint density at radius 2 is 1.86 bits per heavy atom. The lowest BCUT2D eigenvalue weighted by molar-refractivity contribution is -0.113. The monoisotopic (exact) mass is 472 g/mol. The fourth-order valence-corrected chi connectivity index (χ4v) is 4.76. The molecule has 5 nitrogen and oxygen atoms in total. The van der Waals surface area contributed by atoms with Crippen molar-refractivity contribution < 1.29 is 4.79 Å². The largest absolute Gasteiger partial charge is 0.330 e. The van der Waals surface area contributed by atoms with Crippen LogP contribution in [-0.4, -0.2) is 21.9 Å². The van der Waals surface area contributed by atoms with E-state index in [0.29, 0.717) is 20.2 Å². The van der Waals surface area contributed by atoms with Crippen LogP contribution in [0.4, 0.5) is 16.5 Å². The minimum atomic E-state index is -0.254. The number of aromatic nitrogens is 2. The number of halogens is 3. The average Bonchev–Trinajstić information content (AvgIpc) is 3.08. The predicted octanol–water partition coefficient (Wildman–Crippen LogP) is 6.59. The molecule has 1 heterocycles. The Labute approximate surface area is 185 Å². The van der Waals surface area contributed by atoms with Gasteiger partial charge in [-0.15, -0.1) is 10.2 Å². The summed E-state index contributed by atoms with van der Waals surface area (Å²) in [5, 5.41) is 15.8. The number of aryl methyl sites for hydroxylation is 1. The second-order valence-electron chi connectivity index (χ2n) is 5.83. The Morgan fingerprint density at radius 1 is 1.14 bits per heavy atom. The van der Waals surface area contributed by atoms with Crippen molar-refractivity contribution in [3.8, 4) is 0 Å². The SMILES string of the molecule is Cc1cccc(Nc2nnc(SCC(=O)Nc3c(Cl)cc(Cl)cc3Cl)s2)c1C. The van der Waals surface area contributed by atoms with Crippen LogP contribution in [0, 0.1) is 13.8 Å². The number of thioether (sulfide) groups is 1. The molecule has 1 aromatic heterocycles. The van der Waals surface area contributed by atoms with Gasteiger partial charge in [0, 0.05) is 10.7 Å². The van der Waals surface area contributed by atoms with E-state index in [2.05, 4.69) is 33.8 Å². The van der Waals surface area contributed by atoms with E-state index in [-0.39, 0.29) is 21.7 Å². The van der Waals surface area contributed by atoms with Gasteiger partial charge in [0.25, 0.3) is 0 Å². The molecule has 146 valence electrons.